The predicted molar refractivity (Wildman–Crippen MR) is 84.8 cm³/mol. The molecule has 2 aromatic heterocycles. The van der Waals surface area contributed by atoms with E-state index in [9.17, 15) is 4.79 Å². The van der Waals surface area contributed by atoms with Crippen molar-refractivity contribution in [2.75, 3.05) is 19.7 Å². The summed E-state index contributed by atoms with van der Waals surface area (Å²) >= 11 is 0. The van der Waals surface area contributed by atoms with Gasteiger partial charge in [0.1, 0.15) is 6.10 Å². The standard InChI is InChI=1S/C16H21N5O4/c1-8(23-7-9-5-18-6-9)15-19-20-16(24-15)11-2-10(3-11)12-4-13(14(17)22)25-21-12/h4,8-11,18H,2-3,5-7H2,1H3,(H2,17,22). The number of ether oxygens (including phenoxy) is 1. The summed E-state index contributed by atoms with van der Waals surface area (Å²) in [6.45, 7) is 4.63. The van der Waals surface area contributed by atoms with Crippen molar-refractivity contribution in [3.8, 4) is 0 Å². The average Bonchev–Trinajstić information content (AvgIpc) is 3.13. The molecule has 4 rings (SSSR count). The van der Waals surface area contributed by atoms with Gasteiger partial charge in [-0.05, 0) is 19.8 Å². The molecule has 1 aliphatic carbocycles. The van der Waals surface area contributed by atoms with E-state index in [0.717, 1.165) is 31.6 Å². The maximum atomic E-state index is 11.1. The summed E-state index contributed by atoms with van der Waals surface area (Å²) in [5.74, 6) is 1.62. The van der Waals surface area contributed by atoms with Crippen LogP contribution in [0.4, 0.5) is 0 Å². The summed E-state index contributed by atoms with van der Waals surface area (Å²) in [6.07, 6.45) is 1.46. The number of hydrogen-bond acceptors (Lipinski definition) is 8. The van der Waals surface area contributed by atoms with E-state index in [0.29, 0.717) is 24.3 Å². The largest absolute Gasteiger partial charge is 0.422 e. The fourth-order valence-electron chi connectivity index (χ4n) is 3.05. The molecule has 134 valence electrons. The number of nitrogens with two attached hydrogens (primary N) is 1. The summed E-state index contributed by atoms with van der Waals surface area (Å²) in [7, 11) is 0. The molecular weight excluding hydrogens is 326 g/mol. The molecule has 1 saturated heterocycles. The van der Waals surface area contributed by atoms with Gasteiger partial charge in [-0.15, -0.1) is 10.2 Å². The van der Waals surface area contributed by atoms with Crippen LogP contribution in [0, 0.1) is 5.92 Å². The fraction of sp³-hybridized carbons (Fsp3) is 0.625. The van der Waals surface area contributed by atoms with Crippen LogP contribution in [0.2, 0.25) is 0 Å². The lowest BCUT2D eigenvalue weighted by atomic mass is 9.73. The number of nitrogens with zero attached hydrogens (tertiary/aromatic N) is 3. The molecular formula is C16H21N5O4. The van der Waals surface area contributed by atoms with Crippen molar-refractivity contribution in [1.82, 2.24) is 20.7 Å². The zero-order valence-electron chi connectivity index (χ0n) is 14.0. The second-order valence-corrected chi connectivity index (χ2v) is 6.82. The fourth-order valence-corrected chi connectivity index (χ4v) is 3.05. The number of aromatic nitrogens is 3. The Hall–Kier alpha value is -2.26. The van der Waals surface area contributed by atoms with Gasteiger partial charge in [-0.1, -0.05) is 5.16 Å². The van der Waals surface area contributed by atoms with E-state index >= 15 is 0 Å². The van der Waals surface area contributed by atoms with Crippen molar-refractivity contribution < 1.29 is 18.5 Å². The third-order valence-corrected chi connectivity index (χ3v) is 4.93. The molecule has 2 aliphatic rings. The number of hydrogen-bond donors (Lipinski definition) is 2. The lowest BCUT2D eigenvalue weighted by molar-refractivity contribution is 0.0113. The van der Waals surface area contributed by atoms with E-state index in [4.69, 9.17) is 19.4 Å². The maximum Gasteiger partial charge on any atom is 0.287 e. The molecule has 25 heavy (non-hydrogen) atoms. The Balaban J connectivity index is 1.30. The highest BCUT2D eigenvalue weighted by Gasteiger charge is 2.37. The van der Waals surface area contributed by atoms with Gasteiger partial charge in [-0.25, -0.2) is 0 Å². The highest BCUT2D eigenvalue weighted by Crippen LogP contribution is 2.46. The van der Waals surface area contributed by atoms with Crippen LogP contribution in [-0.4, -0.2) is 41.0 Å². The molecule has 2 aromatic rings. The number of carbonyl (C=O) groups excluding carboxylic acids is 1. The van der Waals surface area contributed by atoms with E-state index in [1.54, 1.807) is 6.07 Å². The van der Waals surface area contributed by atoms with Gasteiger partial charge >= 0.3 is 0 Å². The number of nitrogens with one attached hydrogen (secondary N) is 1. The Kier molecular flexibility index (Phi) is 4.26. The molecule has 0 spiro atoms. The molecule has 1 atom stereocenters. The molecule has 1 amide bonds. The lowest BCUT2D eigenvalue weighted by Gasteiger charge is -2.31. The van der Waals surface area contributed by atoms with Crippen LogP contribution >= 0.6 is 0 Å². The van der Waals surface area contributed by atoms with Crippen LogP contribution < -0.4 is 11.1 Å². The number of carbonyl (C=O) groups is 1. The smallest absolute Gasteiger partial charge is 0.287 e. The molecule has 3 N–H and O–H groups in total. The van der Waals surface area contributed by atoms with Crippen LogP contribution in [0.3, 0.4) is 0 Å². The average molecular weight is 347 g/mol. The number of primary amides is 1. The van der Waals surface area contributed by atoms with Crippen molar-refractivity contribution in [3.63, 3.8) is 0 Å². The van der Waals surface area contributed by atoms with Crippen LogP contribution in [0.1, 0.15) is 65.7 Å². The van der Waals surface area contributed by atoms with Crippen LogP contribution in [-0.2, 0) is 4.74 Å². The van der Waals surface area contributed by atoms with Crippen LogP contribution in [0.15, 0.2) is 15.0 Å². The van der Waals surface area contributed by atoms with Gasteiger partial charge in [-0.3, -0.25) is 4.79 Å². The second-order valence-electron chi connectivity index (χ2n) is 6.82. The van der Waals surface area contributed by atoms with Crippen molar-refractivity contribution in [2.45, 2.75) is 37.7 Å². The molecule has 9 nitrogen and oxygen atoms in total. The van der Waals surface area contributed by atoms with Gasteiger partial charge in [0.25, 0.3) is 5.91 Å². The lowest BCUT2D eigenvalue weighted by Crippen LogP contribution is -2.44. The molecule has 0 bridgehead atoms. The number of rotatable bonds is 7. The first-order valence-corrected chi connectivity index (χ1v) is 8.52. The van der Waals surface area contributed by atoms with Crippen molar-refractivity contribution in [1.29, 1.82) is 0 Å². The van der Waals surface area contributed by atoms with E-state index in [1.807, 2.05) is 6.92 Å². The summed E-state index contributed by atoms with van der Waals surface area (Å²) in [4.78, 5) is 11.1. The third kappa shape index (κ3) is 3.29. The van der Waals surface area contributed by atoms with Gasteiger partial charge in [0, 0.05) is 36.9 Å². The topological polar surface area (TPSA) is 129 Å². The molecule has 1 unspecified atom stereocenters. The Morgan fingerprint density at radius 3 is 2.84 bits per heavy atom. The Morgan fingerprint density at radius 1 is 1.40 bits per heavy atom. The highest BCUT2D eigenvalue weighted by atomic mass is 16.5. The molecule has 9 heteroatoms. The van der Waals surface area contributed by atoms with Crippen molar-refractivity contribution >= 4 is 5.91 Å². The third-order valence-electron chi connectivity index (χ3n) is 4.93. The normalized spacial score (nSPS) is 24.5. The summed E-state index contributed by atoms with van der Waals surface area (Å²) in [6, 6.07) is 1.60. The minimum absolute atomic E-state index is 0.0890. The maximum absolute atomic E-state index is 11.1. The van der Waals surface area contributed by atoms with E-state index in [1.165, 1.54) is 0 Å². The Labute approximate surface area is 144 Å². The zero-order chi connectivity index (χ0) is 17.4. The number of amides is 1. The first-order chi connectivity index (χ1) is 12.1. The molecule has 1 saturated carbocycles. The van der Waals surface area contributed by atoms with Gasteiger partial charge in [0.15, 0.2) is 0 Å². The van der Waals surface area contributed by atoms with E-state index in [-0.39, 0.29) is 23.7 Å². The molecule has 3 heterocycles. The van der Waals surface area contributed by atoms with Gasteiger partial charge in [0.05, 0.1) is 12.3 Å². The predicted octanol–water partition coefficient (Wildman–Crippen LogP) is 1.11. The SMILES string of the molecule is CC(OCC1CNC1)c1nnc(C2CC(c3cc(C(N)=O)on3)C2)o1. The van der Waals surface area contributed by atoms with Gasteiger partial charge in [-0.2, -0.15) is 0 Å². The minimum Gasteiger partial charge on any atom is -0.422 e. The minimum atomic E-state index is -0.608. The van der Waals surface area contributed by atoms with Gasteiger partial charge in [0.2, 0.25) is 17.5 Å². The summed E-state index contributed by atoms with van der Waals surface area (Å²) < 4.78 is 16.5. The first kappa shape index (κ1) is 16.2. The first-order valence-electron chi connectivity index (χ1n) is 8.52. The zero-order valence-corrected chi connectivity index (χ0v) is 14.0. The van der Waals surface area contributed by atoms with E-state index < -0.39 is 5.91 Å². The molecule has 1 aliphatic heterocycles. The van der Waals surface area contributed by atoms with Crippen LogP contribution in [0.25, 0.3) is 0 Å². The molecule has 0 aromatic carbocycles. The Bertz CT molecular complexity index is 747. The van der Waals surface area contributed by atoms with Crippen molar-refractivity contribution in [3.05, 3.63) is 29.3 Å². The van der Waals surface area contributed by atoms with E-state index in [2.05, 4.69) is 20.7 Å². The highest BCUT2D eigenvalue weighted by molar-refractivity contribution is 5.89. The van der Waals surface area contributed by atoms with Crippen LogP contribution in [0.5, 0.6) is 0 Å². The van der Waals surface area contributed by atoms with Gasteiger partial charge < -0.3 is 24.7 Å². The quantitative estimate of drug-likeness (QED) is 0.762. The Morgan fingerprint density at radius 2 is 2.20 bits per heavy atom. The molecule has 0 radical (unpaired) electrons. The molecule has 2 fully saturated rings. The second kappa shape index (κ2) is 6.57. The summed E-state index contributed by atoms with van der Waals surface area (Å²) in [5, 5.41) is 15.4. The summed E-state index contributed by atoms with van der Waals surface area (Å²) in [5.41, 5.74) is 5.92. The van der Waals surface area contributed by atoms with Crippen molar-refractivity contribution in [2.24, 2.45) is 11.7 Å². The monoisotopic (exact) mass is 347 g/mol.